The Morgan fingerprint density at radius 2 is 1.66 bits per heavy atom. The van der Waals surface area contributed by atoms with Crippen LogP contribution in [0.4, 0.5) is 5.69 Å². The van der Waals surface area contributed by atoms with Crippen molar-refractivity contribution in [3.63, 3.8) is 0 Å². The van der Waals surface area contributed by atoms with Gasteiger partial charge in [-0.15, -0.1) is 0 Å². The van der Waals surface area contributed by atoms with Gasteiger partial charge in [0.25, 0.3) is 0 Å². The maximum absolute atomic E-state index is 12.3. The molecule has 0 radical (unpaired) electrons. The molecule has 182 valence electrons. The minimum atomic E-state index is -0.0965. The smallest absolute Gasteiger partial charge is 0.241 e. The van der Waals surface area contributed by atoms with E-state index in [9.17, 15) is 4.79 Å². The highest BCUT2D eigenvalue weighted by Gasteiger charge is 2.17. The third-order valence-electron chi connectivity index (χ3n) is 5.98. The minimum Gasteiger partial charge on any atom is -0.493 e. The average Bonchev–Trinajstić information content (AvgIpc) is 2.92. The number of amides is 1. The fraction of sp³-hybridized carbons (Fsp3) is 0.286. The van der Waals surface area contributed by atoms with Crippen LogP contribution in [0.2, 0.25) is 0 Å². The van der Waals surface area contributed by atoms with Crippen molar-refractivity contribution in [3.8, 4) is 11.5 Å². The van der Waals surface area contributed by atoms with E-state index in [0.29, 0.717) is 24.5 Å². The van der Waals surface area contributed by atoms with Gasteiger partial charge in [-0.3, -0.25) is 9.69 Å². The van der Waals surface area contributed by atoms with Gasteiger partial charge < -0.3 is 14.4 Å². The molecule has 0 spiro atoms. The number of piperazine rings is 1. The number of methoxy groups -OCH3 is 1. The van der Waals surface area contributed by atoms with Gasteiger partial charge >= 0.3 is 0 Å². The number of carbonyl (C=O) groups is 1. The molecule has 0 aromatic heterocycles. The first-order chi connectivity index (χ1) is 17.2. The van der Waals surface area contributed by atoms with E-state index in [0.717, 1.165) is 43.9 Å². The third kappa shape index (κ3) is 7.32. The summed E-state index contributed by atoms with van der Waals surface area (Å²) in [4.78, 5) is 17.0. The van der Waals surface area contributed by atoms with Crippen molar-refractivity contribution < 1.29 is 14.3 Å². The van der Waals surface area contributed by atoms with E-state index in [2.05, 4.69) is 44.6 Å². The molecule has 1 N–H and O–H groups in total. The zero-order valence-electron chi connectivity index (χ0n) is 20.1. The quantitative estimate of drug-likeness (QED) is 0.358. The highest BCUT2D eigenvalue weighted by atomic mass is 16.5. The van der Waals surface area contributed by atoms with E-state index >= 15 is 0 Å². The Balaban J connectivity index is 1.21. The standard InChI is InChI=1S/C28H32N4O3/c1-34-26-13-12-24(20-27(26)35-22-23-8-4-2-5-9-23)21-29-30-28(33)14-15-31-16-18-32(19-17-31)25-10-6-3-7-11-25/h2-13,20-21H,14-19,22H2,1H3,(H,30,33)/b29-21+. The monoisotopic (exact) mass is 472 g/mol. The normalized spacial score (nSPS) is 14.1. The van der Waals surface area contributed by atoms with Crippen molar-refractivity contribution >= 4 is 17.8 Å². The number of hydrogen-bond donors (Lipinski definition) is 1. The molecule has 4 rings (SSSR count). The van der Waals surface area contributed by atoms with Gasteiger partial charge in [0.15, 0.2) is 11.5 Å². The zero-order valence-corrected chi connectivity index (χ0v) is 20.1. The molecule has 0 saturated carbocycles. The van der Waals surface area contributed by atoms with Crippen LogP contribution in [0.3, 0.4) is 0 Å². The van der Waals surface area contributed by atoms with E-state index < -0.39 is 0 Å². The number of ether oxygens (including phenoxy) is 2. The van der Waals surface area contributed by atoms with Crippen LogP contribution in [0.1, 0.15) is 17.5 Å². The molecule has 7 nitrogen and oxygen atoms in total. The van der Waals surface area contributed by atoms with Gasteiger partial charge in [0.1, 0.15) is 6.61 Å². The van der Waals surface area contributed by atoms with Crippen molar-refractivity contribution in [3.05, 3.63) is 90.0 Å². The number of nitrogens with one attached hydrogen (secondary N) is 1. The van der Waals surface area contributed by atoms with Crippen LogP contribution in [-0.4, -0.2) is 56.9 Å². The topological polar surface area (TPSA) is 66.4 Å². The SMILES string of the molecule is COc1ccc(/C=N/NC(=O)CCN2CCN(c3ccccc3)CC2)cc1OCc1ccccc1. The lowest BCUT2D eigenvalue weighted by Crippen LogP contribution is -2.47. The van der Waals surface area contributed by atoms with E-state index in [1.54, 1.807) is 13.3 Å². The number of hydrazone groups is 1. The Morgan fingerprint density at radius 1 is 0.943 bits per heavy atom. The van der Waals surface area contributed by atoms with Crippen molar-refractivity contribution in [2.45, 2.75) is 13.0 Å². The molecule has 3 aromatic carbocycles. The van der Waals surface area contributed by atoms with Gasteiger partial charge in [-0.25, -0.2) is 5.43 Å². The number of para-hydroxylation sites is 1. The first-order valence-electron chi connectivity index (χ1n) is 11.9. The Bertz CT molecular complexity index is 1100. The van der Waals surface area contributed by atoms with Gasteiger partial charge in [-0.2, -0.15) is 5.10 Å². The fourth-order valence-electron chi connectivity index (χ4n) is 3.98. The predicted octanol–water partition coefficient (Wildman–Crippen LogP) is 3.94. The van der Waals surface area contributed by atoms with E-state index in [1.807, 2.05) is 54.6 Å². The Hall–Kier alpha value is -3.84. The molecule has 0 atom stereocenters. The van der Waals surface area contributed by atoms with Crippen LogP contribution >= 0.6 is 0 Å². The van der Waals surface area contributed by atoms with Crippen LogP contribution in [0.5, 0.6) is 11.5 Å². The molecule has 35 heavy (non-hydrogen) atoms. The first kappa shape index (κ1) is 24.3. The van der Waals surface area contributed by atoms with E-state index in [1.165, 1.54) is 5.69 Å². The van der Waals surface area contributed by atoms with E-state index in [4.69, 9.17) is 9.47 Å². The maximum Gasteiger partial charge on any atom is 0.241 e. The number of benzene rings is 3. The van der Waals surface area contributed by atoms with Crippen molar-refractivity contribution in [2.24, 2.45) is 5.10 Å². The second-order valence-electron chi connectivity index (χ2n) is 8.39. The highest BCUT2D eigenvalue weighted by molar-refractivity contribution is 5.83. The number of nitrogens with zero attached hydrogens (tertiary/aromatic N) is 3. The molecule has 1 heterocycles. The first-order valence-corrected chi connectivity index (χ1v) is 11.9. The lowest BCUT2D eigenvalue weighted by atomic mass is 10.2. The predicted molar refractivity (Wildman–Crippen MR) is 139 cm³/mol. The molecule has 0 unspecified atom stereocenters. The molecular weight excluding hydrogens is 440 g/mol. The molecule has 1 saturated heterocycles. The molecule has 3 aromatic rings. The summed E-state index contributed by atoms with van der Waals surface area (Å²) >= 11 is 0. The van der Waals surface area contributed by atoms with E-state index in [-0.39, 0.29) is 5.91 Å². The van der Waals surface area contributed by atoms with Gasteiger partial charge in [-0.1, -0.05) is 48.5 Å². The minimum absolute atomic E-state index is 0.0965. The highest BCUT2D eigenvalue weighted by Crippen LogP contribution is 2.28. The summed E-state index contributed by atoms with van der Waals surface area (Å²) in [5.41, 5.74) is 5.77. The Kier molecular flexibility index (Phi) is 8.73. The molecule has 7 heteroatoms. The lowest BCUT2D eigenvalue weighted by molar-refractivity contribution is -0.121. The molecule has 0 bridgehead atoms. The van der Waals surface area contributed by atoms with Crippen LogP contribution in [0.15, 0.2) is 84.0 Å². The van der Waals surface area contributed by atoms with Crippen LogP contribution in [0.25, 0.3) is 0 Å². The summed E-state index contributed by atoms with van der Waals surface area (Å²) in [6.45, 7) is 5.00. The molecule has 1 aliphatic heterocycles. The van der Waals surface area contributed by atoms with Gasteiger partial charge in [-0.05, 0) is 41.5 Å². The van der Waals surface area contributed by atoms with Crippen LogP contribution in [0, 0.1) is 0 Å². The maximum atomic E-state index is 12.3. The van der Waals surface area contributed by atoms with Crippen LogP contribution < -0.4 is 19.8 Å². The Labute approximate surface area is 207 Å². The average molecular weight is 473 g/mol. The van der Waals surface area contributed by atoms with Gasteiger partial charge in [0, 0.05) is 44.8 Å². The zero-order chi connectivity index (χ0) is 24.3. The van der Waals surface area contributed by atoms with Crippen LogP contribution in [-0.2, 0) is 11.4 Å². The van der Waals surface area contributed by atoms with Gasteiger partial charge in [0.2, 0.25) is 5.91 Å². The molecule has 1 amide bonds. The second-order valence-corrected chi connectivity index (χ2v) is 8.39. The lowest BCUT2D eigenvalue weighted by Gasteiger charge is -2.36. The van der Waals surface area contributed by atoms with Crippen molar-refractivity contribution in [1.82, 2.24) is 10.3 Å². The molecular formula is C28H32N4O3. The third-order valence-corrected chi connectivity index (χ3v) is 5.98. The summed E-state index contributed by atoms with van der Waals surface area (Å²) < 4.78 is 11.3. The van der Waals surface area contributed by atoms with Crippen molar-refractivity contribution in [1.29, 1.82) is 0 Å². The Morgan fingerprint density at radius 3 is 2.37 bits per heavy atom. The molecule has 0 aliphatic carbocycles. The number of carbonyl (C=O) groups excluding carboxylic acids is 1. The van der Waals surface area contributed by atoms with Crippen molar-refractivity contribution in [2.75, 3.05) is 44.7 Å². The summed E-state index contributed by atoms with van der Waals surface area (Å²) in [6.07, 6.45) is 2.03. The summed E-state index contributed by atoms with van der Waals surface area (Å²) in [7, 11) is 1.61. The number of rotatable bonds is 10. The number of hydrogen-bond acceptors (Lipinski definition) is 6. The molecule has 1 aliphatic rings. The summed E-state index contributed by atoms with van der Waals surface area (Å²) in [5.74, 6) is 1.18. The fourth-order valence-corrected chi connectivity index (χ4v) is 3.98. The summed E-state index contributed by atoms with van der Waals surface area (Å²) in [5, 5.41) is 4.12. The molecule has 1 fully saturated rings. The second kappa shape index (κ2) is 12.6. The number of anilines is 1. The van der Waals surface area contributed by atoms with Gasteiger partial charge in [0.05, 0.1) is 13.3 Å². The largest absolute Gasteiger partial charge is 0.493 e. The summed E-state index contributed by atoms with van der Waals surface area (Å²) in [6, 6.07) is 26.0.